The predicted octanol–water partition coefficient (Wildman–Crippen LogP) is 3.09. The van der Waals surface area contributed by atoms with Gasteiger partial charge in [0.25, 0.3) is 5.91 Å². The standard InChI is InChI=1S/C33H22F5NO11/c34-22-21(23(35)25(37)26(38)24(22)36)30(45)39-11-1-4-15-14(7-11)31(46)50-33(15)16-5-2-12(41)8-18(16)48-19-9-13(3-6-17(19)33)47-32-29(44)28(43)27(42)20(10-40)49-32/h1-9,20,27-29,32,40-44H,10H2,(H,39,45)/t20-,27-,28+,29-,32-,33?/m1/s1. The van der Waals surface area contributed by atoms with Gasteiger partial charge in [-0.25, -0.2) is 26.7 Å². The molecule has 1 fully saturated rings. The van der Waals surface area contributed by atoms with Gasteiger partial charge in [-0.1, -0.05) is 6.07 Å². The van der Waals surface area contributed by atoms with Gasteiger partial charge in [0.05, 0.1) is 12.2 Å². The number of amides is 1. The number of phenolic OH excluding ortho intramolecular Hbond substituents is 1. The Bertz CT molecular complexity index is 2070. The van der Waals surface area contributed by atoms with Crippen molar-refractivity contribution in [2.45, 2.75) is 36.3 Å². The Labute approximate surface area is 276 Å². The molecule has 0 radical (unpaired) electrons. The van der Waals surface area contributed by atoms with Crippen molar-refractivity contribution in [1.29, 1.82) is 0 Å². The van der Waals surface area contributed by atoms with Crippen LogP contribution in [0.15, 0.2) is 54.6 Å². The van der Waals surface area contributed by atoms with Crippen molar-refractivity contribution in [1.82, 2.24) is 0 Å². The third kappa shape index (κ3) is 4.92. The van der Waals surface area contributed by atoms with Crippen LogP contribution >= 0.6 is 0 Å². The van der Waals surface area contributed by atoms with Crippen molar-refractivity contribution in [2.75, 3.05) is 11.9 Å². The van der Waals surface area contributed by atoms with E-state index in [1.54, 1.807) is 0 Å². The molecule has 0 aliphatic carbocycles. The van der Waals surface area contributed by atoms with E-state index in [2.05, 4.69) is 0 Å². The normalized spacial score (nSPS) is 24.9. The average molecular weight is 704 g/mol. The Morgan fingerprint density at radius 3 is 2.10 bits per heavy atom. The van der Waals surface area contributed by atoms with E-state index >= 15 is 0 Å². The molecule has 6 atom stereocenters. The number of fused-ring (bicyclic) bond motifs is 6. The van der Waals surface area contributed by atoms with Gasteiger partial charge in [0, 0.05) is 34.5 Å². The number of anilines is 1. The molecule has 50 heavy (non-hydrogen) atoms. The number of carbonyl (C=O) groups is 2. The number of aromatic hydroxyl groups is 1. The van der Waals surface area contributed by atoms with Crippen molar-refractivity contribution in [2.24, 2.45) is 0 Å². The molecule has 3 aliphatic heterocycles. The van der Waals surface area contributed by atoms with E-state index in [0.29, 0.717) is 0 Å². The summed E-state index contributed by atoms with van der Waals surface area (Å²) in [5.41, 5.74) is -3.35. The summed E-state index contributed by atoms with van der Waals surface area (Å²) in [6, 6.07) is 11.7. The smallest absolute Gasteiger partial charge is 0.340 e. The Morgan fingerprint density at radius 1 is 0.800 bits per heavy atom. The van der Waals surface area contributed by atoms with Crippen molar-refractivity contribution < 1.29 is 76.0 Å². The van der Waals surface area contributed by atoms with Crippen LogP contribution in [-0.4, -0.2) is 74.7 Å². The number of rotatable bonds is 5. The van der Waals surface area contributed by atoms with E-state index in [1.807, 2.05) is 5.32 Å². The van der Waals surface area contributed by atoms with E-state index < -0.39 is 89.4 Å². The second kappa shape index (κ2) is 11.9. The molecular formula is C33H22F5NO11. The molecule has 1 unspecified atom stereocenters. The molecule has 17 heteroatoms. The lowest BCUT2D eigenvalue weighted by atomic mass is 9.77. The average Bonchev–Trinajstić information content (AvgIpc) is 3.37. The minimum atomic E-state index is -2.44. The number of benzene rings is 4. The number of ether oxygens (including phenoxy) is 4. The summed E-state index contributed by atoms with van der Waals surface area (Å²) in [5, 5.41) is 52.4. The molecule has 1 spiro atoms. The van der Waals surface area contributed by atoms with Gasteiger partial charge < -0.3 is 49.8 Å². The SMILES string of the molecule is O=C1OC2(c3ccc(O)cc3Oc3cc(O[C@@H]4O[C@H](CO)[C@@H](O)[C@H](O)[C@H]4O)ccc32)c2ccc(NC(=O)c3c(F)c(F)c(F)c(F)c3F)cc21. The third-order valence-electron chi connectivity index (χ3n) is 8.56. The van der Waals surface area contributed by atoms with Gasteiger partial charge in [-0.05, 0) is 36.4 Å². The van der Waals surface area contributed by atoms with E-state index in [9.17, 15) is 57.1 Å². The zero-order valence-corrected chi connectivity index (χ0v) is 24.9. The Kier molecular flexibility index (Phi) is 7.91. The Hall–Kier alpha value is -5.33. The summed E-state index contributed by atoms with van der Waals surface area (Å²) in [6.45, 7) is -0.700. The van der Waals surface area contributed by atoms with Crippen LogP contribution in [-0.2, 0) is 15.1 Å². The monoisotopic (exact) mass is 703 g/mol. The summed E-state index contributed by atoms with van der Waals surface area (Å²) in [6.07, 6.45) is -7.90. The first-order valence-corrected chi connectivity index (χ1v) is 14.6. The van der Waals surface area contributed by atoms with E-state index in [-0.39, 0.29) is 50.9 Å². The summed E-state index contributed by atoms with van der Waals surface area (Å²) >= 11 is 0. The first-order chi connectivity index (χ1) is 23.8. The Balaban J connectivity index is 1.27. The summed E-state index contributed by atoms with van der Waals surface area (Å²) in [4.78, 5) is 26.1. The highest BCUT2D eigenvalue weighted by molar-refractivity contribution is 6.06. The quantitative estimate of drug-likeness (QED) is 0.0778. The summed E-state index contributed by atoms with van der Waals surface area (Å²) in [7, 11) is 0. The van der Waals surface area contributed by atoms with Crippen LogP contribution in [0.1, 0.15) is 37.4 Å². The van der Waals surface area contributed by atoms with Gasteiger partial charge in [-0.2, -0.15) is 0 Å². The second-order valence-corrected chi connectivity index (χ2v) is 11.5. The lowest BCUT2D eigenvalue weighted by Gasteiger charge is -2.40. The predicted molar refractivity (Wildman–Crippen MR) is 155 cm³/mol. The van der Waals surface area contributed by atoms with Crippen LogP contribution in [0.2, 0.25) is 0 Å². The maximum Gasteiger partial charge on any atom is 0.340 e. The first-order valence-electron chi connectivity index (χ1n) is 14.6. The van der Waals surface area contributed by atoms with Crippen LogP contribution in [0.3, 0.4) is 0 Å². The first kappa shape index (κ1) is 33.2. The molecule has 3 aliphatic rings. The van der Waals surface area contributed by atoms with Crippen molar-refractivity contribution >= 4 is 17.6 Å². The number of hydrogen-bond acceptors (Lipinski definition) is 11. The lowest BCUT2D eigenvalue weighted by Crippen LogP contribution is -2.60. The number of halogens is 5. The minimum absolute atomic E-state index is 0.00883. The number of esters is 1. The zero-order chi connectivity index (χ0) is 35.8. The fourth-order valence-corrected chi connectivity index (χ4v) is 6.14. The maximum atomic E-state index is 14.3. The topological polar surface area (TPSA) is 184 Å². The molecule has 6 N–H and O–H groups in total. The maximum absolute atomic E-state index is 14.3. The van der Waals surface area contributed by atoms with Gasteiger partial charge in [0.15, 0.2) is 28.9 Å². The molecule has 0 saturated carbocycles. The highest BCUT2D eigenvalue weighted by Gasteiger charge is 2.54. The number of phenols is 1. The fourth-order valence-electron chi connectivity index (χ4n) is 6.14. The lowest BCUT2D eigenvalue weighted by molar-refractivity contribution is -0.277. The molecule has 0 aromatic heterocycles. The van der Waals surface area contributed by atoms with Gasteiger partial charge in [0.2, 0.25) is 12.1 Å². The van der Waals surface area contributed by atoms with Crippen LogP contribution in [0.25, 0.3) is 0 Å². The van der Waals surface area contributed by atoms with Gasteiger partial charge in [-0.15, -0.1) is 0 Å². The second-order valence-electron chi connectivity index (χ2n) is 11.5. The van der Waals surface area contributed by atoms with Crippen molar-refractivity contribution in [3.63, 3.8) is 0 Å². The number of aliphatic hydroxyl groups is 4. The van der Waals surface area contributed by atoms with Crippen LogP contribution in [0.4, 0.5) is 27.6 Å². The van der Waals surface area contributed by atoms with Gasteiger partial charge >= 0.3 is 5.97 Å². The number of nitrogens with one attached hydrogen (secondary N) is 1. The van der Waals surface area contributed by atoms with Crippen LogP contribution < -0.4 is 14.8 Å². The zero-order valence-electron chi connectivity index (χ0n) is 24.9. The summed E-state index contributed by atoms with van der Waals surface area (Å²) < 4.78 is 92.7. The van der Waals surface area contributed by atoms with Crippen molar-refractivity contribution in [3.05, 3.63) is 112 Å². The van der Waals surface area contributed by atoms with E-state index in [1.165, 1.54) is 48.5 Å². The molecular weight excluding hydrogens is 681 g/mol. The number of aliphatic hydroxyl groups excluding tert-OH is 4. The fraction of sp³-hybridized carbons (Fsp3) is 0.212. The molecule has 7 rings (SSSR count). The molecule has 3 heterocycles. The van der Waals surface area contributed by atoms with Crippen LogP contribution in [0, 0.1) is 29.1 Å². The summed E-state index contributed by atoms with van der Waals surface area (Å²) in [5.74, 6) is -14.7. The molecule has 12 nitrogen and oxygen atoms in total. The van der Waals surface area contributed by atoms with Gasteiger partial charge in [0.1, 0.15) is 53.0 Å². The highest BCUT2D eigenvalue weighted by Crippen LogP contribution is 2.57. The van der Waals surface area contributed by atoms with Gasteiger partial charge in [-0.3, -0.25) is 4.79 Å². The molecule has 1 amide bonds. The van der Waals surface area contributed by atoms with E-state index in [0.717, 1.165) is 6.07 Å². The molecule has 4 aromatic rings. The largest absolute Gasteiger partial charge is 0.508 e. The Morgan fingerprint density at radius 2 is 1.42 bits per heavy atom. The molecule has 4 aromatic carbocycles. The number of carbonyl (C=O) groups excluding carboxylic acids is 2. The molecule has 1 saturated heterocycles. The minimum Gasteiger partial charge on any atom is -0.508 e. The molecule has 0 bridgehead atoms. The number of hydrogen-bond donors (Lipinski definition) is 6. The van der Waals surface area contributed by atoms with E-state index in [4.69, 9.17) is 18.9 Å². The van der Waals surface area contributed by atoms with Crippen molar-refractivity contribution in [3.8, 4) is 23.0 Å². The third-order valence-corrected chi connectivity index (χ3v) is 8.56. The molecule has 260 valence electrons. The highest BCUT2D eigenvalue weighted by atomic mass is 19.2. The van der Waals surface area contributed by atoms with Crippen LogP contribution in [0.5, 0.6) is 23.0 Å².